The Bertz CT molecular complexity index is 2420. The van der Waals surface area contributed by atoms with E-state index in [1.807, 2.05) is 0 Å². The molecule has 748 valence electrons. The molecule has 0 aromatic heterocycles. The molecule has 4 N–H and O–H groups in total. The average Bonchev–Trinajstić information content (AvgIpc) is 1.82. The standard InChI is InChI=1S/2C12H22.2C11H21N.2C11H20O.2C10H19N.2C10H18O.9CH4/c2*1-9(2)11-7-5-6-8-12(11)10(3)4;1-8(2)10-5-6-12-7-11(10)9(3)4;1-8(2)10-6-5-7-12-11(10)9(3)4;1-8(2)10-5-6-12-7-11(10)9(3)4;1-8(2)10-6-5-7-12-11(10)9(3)4;1-7(2)9-5-11-6-10(9)8(3)4;1-7(2)9-5-6-11-10(9)8(3)4;1-7(2)9-5-11-6-10(9)8(3)4;1-7(2)9-5-6-11-10(9)8(3)4;;;;;;;;;/h2*9-10H,5-8H2,1-4H3;2*8-9,12H,5-7H2,1-4H3;2*8-9H,5-7H2,1-4H3;2*7-8,11H,5-6H2,1-4H3;2*7-8H,5-6H2,1-4H3;9*1H4. The van der Waals surface area contributed by atoms with Crippen LogP contribution in [-0.4, -0.2) is 78.9 Å². The van der Waals surface area contributed by atoms with Gasteiger partial charge in [-0.05, 0) is 248 Å². The van der Waals surface area contributed by atoms with Crippen molar-refractivity contribution in [2.45, 2.75) is 447 Å². The molecule has 0 spiro atoms. The largest absolute Gasteiger partial charge is 0.498 e. The van der Waals surface area contributed by atoms with Gasteiger partial charge in [-0.25, -0.2) is 0 Å². The fraction of sp³-hybridized carbons (Fsp3) is 0.829. The Labute approximate surface area is 791 Å². The monoisotopic (exact) mass is 1760 g/mol. The molecule has 0 amide bonds. The van der Waals surface area contributed by atoms with E-state index in [1.54, 1.807) is 61.3 Å². The first-order valence-electron chi connectivity index (χ1n) is 48.8. The summed E-state index contributed by atoms with van der Waals surface area (Å²) in [5.41, 5.74) is 29.3. The van der Waals surface area contributed by atoms with Crippen LogP contribution in [0.4, 0.5) is 0 Å². The number of nitrogens with one attached hydrogen (secondary N) is 4. The van der Waals surface area contributed by atoms with Gasteiger partial charge in [-0.1, -0.05) is 394 Å². The topological polar surface area (TPSA) is 85.0 Å². The predicted molar refractivity (Wildman–Crippen MR) is 577 cm³/mol. The summed E-state index contributed by atoms with van der Waals surface area (Å²) < 4.78 is 22.1. The number of rotatable bonds is 20. The molecule has 0 unspecified atom stereocenters. The summed E-state index contributed by atoms with van der Waals surface area (Å²) in [5.74, 6) is 16.4. The molecule has 0 bridgehead atoms. The van der Waals surface area contributed by atoms with Gasteiger partial charge in [0.15, 0.2) is 0 Å². The van der Waals surface area contributed by atoms with Crippen LogP contribution in [0.25, 0.3) is 0 Å². The van der Waals surface area contributed by atoms with Crippen LogP contribution in [0.1, 0.15) is 447 Å². The molecule has 10 aliphatic rings. The highest BCUT2D eigenvalue weighted by molar-refractivity contribution is 5.28. The lowest BCUT2D eigenvalue weighted by atomic mass is 9.81. The summed E-state index contributed by atoms with van der Waals surface area (Å²) >= 11 is 0. The lowest BCUT2D eigenvalue weighted by molar-refractivity contribution is 0.136. The second-order valence-corrected chi connectivity index (χ2v) is 41.6. The molecule has 0 saturated carbocycles. The molecule has 0 aromatic rings. The zero-order valence-electron chi connectivity index (χ0n) is 85.0. The highest BCUT2D eigenvalue weighted by Crippen LogP contribution is 2.38. The maximum absolute atomic E-state index is 5.69. The van der Waals surface area contributed by atoms with Crippen LogP contribution >= 0.6 is 0 Å². The predicted octanol–water partition coefficient (Wildman–Crippen LogP) is 36.3. The van der Waals surface area contributed by atoms with Crippen molar-refractivity contribution in [3.8, 4) is 0 Å². The van der Waals surface area contributed by atoms with Crippen LogP contribution in [0.2, 0.25) is 0 Å². The van der Waals surface area contributed by atoms with E-state index in [2.05, 4.69) is 298 Å². The lowest BCUT2D eigenvalue weighted by Gasteiger charge is -2.27. The SMILES string of the molecule is C.C.C.C.C.C.C.C.C.CC(C)C1=C(C(C)C)CCCC1.CC(C)C1=C(C(C)C)CCCC1.CC(C)C1=C(C(C)C)CNC1.CC(C)C1=C(C(C)C)CNCC1.CC(C)C1=C(C(C)C)COC1.CC(C)C1=C(C(C)C)COCC1.CC(C)C1=C(C(C)C)NCC1.CC(C)C1=C(C(C)C)NCCC1.CC(C)C1=C(C(C)C)OCC1.CC(C)C1=C(C(C)C)OCCC1. The molecule has 0 radical (unpaired) electrons. The number of ether oxygens (including phenoxy) is 4. The second kappa shape index (κ2) is 73.9. The molecule has 8 heterocycles. The van der Waals surface area contributed by atoms with E-state index < -0.39 is 0 Å². The summed E-state index contributed by atoms with van der Waals surface area (Å²) in [6.45, 7) is 103. The van der Waals surface area contributed by atoms with Gasteiger partial charge >= 0.3 is 0 Å². The van der Waals surface area contributed by atoms with Gasteiger partial charge < -0.3 is 40.2 Å². The molecule has 0 saturated heterocycles. The molecule has 0 atom stereocenters. The van der Waals surface area contributed by atoms with E-state index in [-0.39, 0.29) is 66.8 Å². The number of allylic oxidation sites excluding steroid dienone is 10. The number of hydrogen-bond donors (Lipinski definition) is 4. The van der Waals surface area contributed by atoms with Gasteiger partial charge in [0.1, 0.15) is 0 Å². The van der Waals surface area contributed by atoms with Crippen molar-refractivity contribution in [2.75, 3.05) is 78.9 Å². The Morgan fingerprint density at radius 2 is 0.416 bits per heavy atom. The Morgan fingerprint density at radius 1 is 0.176 bits per heavy atom. The van der Waals surface area contributed by atoms with Gasteiger partial charge in [-0.15, -0.1) is 0 Å². The van der Waals surface area contributed by atoms with Crippen molar-refractivity contribution >= 4 is 0 Å². The molecule has 8 aliphatic heterocycles. The summed E-state index contributed by atoms with van der Waals surface area (Å²) in [6, 6.07) is 0. The minimum absolute atomic E-state index is 0. The first kappa shape index (κ1) is 139. The molecular weight excluding hydrogens is 1530 g/mol. The lowest BCUT2D eigenvalue weighted by Crippen LogP contribution is -2.28. The smallest absolute Gasteiger partial charge is 0.0981 e. The minimum Gasteiger partial charge on any atom is -0.498 e. The van der Waals surface area contributed by atoms with Crippen LogP contribution in [-0.2, 0) is 18.9 Å². The molecule has 8 heteroatoms. The molecule has 10 rings (SSSR count). The van der Waals surface area contributed by atoms with Crippen LogP contribution in [0.3, 0.4) is 0 Å². The van der Waals surface area contributed by atoms with E-state index in [9.17, 15) is 0 Å². The Hall–Kier alpha value is -3.56. The highest BCUT2D eigenvalue weighted by atomic mass is 16.5. The third-order valence-corrected chi connectivity index (χ3v) is 25.4. The van der Waals surface area contributed by atoms with Crippen LogP contribution in [0.15, 0.2) is 112 Å². The van der Waals surface area contributed by atoms with E-state index in [4.69, 9.17) is 18.9 Å². The molecule has 8 nitrogen and oxygen atoms in total. The van der Waals surface area contributed by atoms with Gasteiger partial charge in [0.2, 0.25) is 0 Å². The molecule has 0 aromatic carbocycles. The second-order valence-electron chi connectivity index (χ2n) is 41.6. The van der Waals surface area contributed by atoms with Crippen molar-refractivity contribution in [1.82, 2.24) is 21.3 Å². The Morgan fingerprint density at radius 3 is 0.704 bits per heavy atom. The zero-order chi connectivity index (χ0) is 88.5. The fourth-order valence-electron chi connectivity index (χ4n) is 18.6. The van der Waals surface area contributed by atoms with E-state index in [0.29, 0.717) is 59.2 Å². The number of hydrogen-bond acceptors (Lipinski definition) is 8. The van der Waals surface area contributed by atoms with E-state index in [1.165, 1.54) is 154 Å². The van der Waals surface area contributed by atoms with Crippen molar-refractivity contribution in [3.63, 3.8) is 0 Å². The van der Waals surface area contributed by atoms with E-state index >= 15 is 0 Å². The first-order chi connectivity index (χ1) is 54.3. The third-order valence-electron chi connectivity index (χ3n) is 25.4. The fourth-order valence-corrected chi connectivity index (χ4v) is 18.6. The van der Waals surface area contributed by atoms with Crippen molar-refractivity contribution < 1.29 is 18.9 Å². The van der Waals surface area contributed by atoms with Crippen LogP contribution < -0.4 is 21.3 Å². The molecule has 2 aliphatic carbocycles. The van der Waals surface area contributed by atoms with Gasteiger partial charge in [-0.3, -0.25) is 0 Å². The first-order valence-corrected chi connectivity index (χ1v) is 48.8. The molecular formula is C117H236N4O4. The van der Waals surface area contributed by atoms with Crippen molar-refractivity contribution in [1.29, 1.82) is 0 Å². The van der Waals surface area contributed by atoms with Crippen molar-refractivity contribution in [3.05, 3.63) is 112 Å². The Kier molecular flexibility index (Phi) is 82.4. The normalized spacial score (nSPS) is 17.7. The zero-order valence-corrected chi connectivity index (χ0v) is 85.0. The summed E-state index contributed by atoms with van der Waals surface area (Å²) in [6.07, 6.45) is 21.0. The highest BCUT2D eigenvalue weighted by Gasteiger charge is 2.27. The quantitative estimate of drug-likeness (QED) is 0.0898. The maximum atomic E-state index is 5.69. The minimum atomic E-state index is 0. The van der Waals surface area contributed by atoms with Gasteiger partial charge in [-0.2, -0.15) is 0 Å². The average molecular weight is 1760 g/mol. The van der Waals surface area contributed by atoms with Gasteiger partial charge in [0, 0.05) is 62.4 Å². The molecule has 0 fully saturated rings. The van der Waals surface area contributed by atoms with Crippen molar-refractivity contribution in [2.24, 2.45) is 118 Å². The Balaban J connectivity index is -0.000000170. The maximum Gasteiger partial charge on any atom is 0.0981 e. The van der Waals surface area contributed by atoms with Crippen LogP contribution in [0.5, 0.6) is 0 Å². The summed E-state index contributed by atoms with van der Waals surface area (Å²) in [7, 11) is 0. The molecule has 125 heavy (non-hydrogen) atoms. The third kappa shape index (κ3) is 50.8. The summed E-state index contributed by atoms with van der Waals surface area (Å²) in [4.78, 5) is 0. The van der Waals surface area contributed by atoms with Gasteiger partial charge in [0.05, 0.1) is 51.2 Å². The van der Waals surface area contributed by atoms with Gasteiger partial charge in [0.25, 0.3) is 0 Å². The van der Waals surface area contributed by atoms with Crippen LogP contribution in [0, 0.1) is 118 Å². The van der Waals surface area contributed by atoms with E-state index in [0.717, 1.165) is 138 Å². The summed E-state index contributed by atoms with van der Waals surface area (Å²) in [5, 5.41) is 13.9.